The molecule has 0 atom stereocenters. The molecule has 0 fully saturated rings. The van der Waals surface area contributed by atoms with Gasteiger partial charge in [-0.3, -0.25) is 9.59 Å². The van der Waals surface area contributed by atoms with E-state index < -0.39 is 5.97 Å². The molecule has 0 unspecified atom stereocenters. The number of thiocarbonyl (C=S) groups is 1. The molecule has 0 radical (unpaired) electrons. The van der Waals surface area contributed by atoms with Crippen LogP contribution in [0.25, 0.3) is 0 Å². The quantitative estimate of drug-likeness (QED) is 0.655. The summed E-state index contributed by atoms with van der Waals surface area (Å²) in [5.74, 6) is -0.721. The number of nitrogens with two attached hydrogens (primary N) is 1. The molecule has 0 aliphatic carbocycles. The van der Waals surface area contributed by atoms with E-state index in [1.54, 1.807) is 24.3 Å². The molecule has 108 valence electrons. The van der Waals surface area contributed by atoms with Crippen LogP contribution in [0.15, 0.2) is 24.3 Å². The van der Waals surface area contributed by atoms with Gasteiger partial charge in [0.05, 0.1) is 7.11 Å². The molecule has 6 heteroatoms. The number of hydrogen-bond acceptors (Lipinski definition) is 4. The third kappa shape index (κ3) is 4.03. The van der Waals surface area contributed by atoms with Gasteiger partial charge < -0.3 is 15.4 Å². The van der Waals surface area contributed by atoms with Crippen molar-refractivity contribution < 1.29 is 14.3 Å². The molecule has 0 aliphatic heterocycles. The topological polar surface area (TPSA) is 72.6 Å². The summed E-state index contributed by atoms with van der Waals surface area (Å²) in [5.41, 5.74) is 6.61. The Morgan fingerprint density at radius 1 is 1.35 bits per heavy atom. The Labute approximate surface area is 123 Å². The van der Waals surface area contributed by atoms with Crippen molar-refractivity contribution in [2.75, 3.05) is 13.7 Å². The number of amides is 1. The highest BCUT2D eigenvalue weighted by molar-refractivity contribution is 7.80. The molecule has 0 bridgehead atoms. The lowest BCUT2D eigenvalue weighted by Crippen LogP contribution is -2.41. The minimum absolute atomic E-state index is 0.0930. The van der Waals surface area contributed by atoms with Crippen molar-refractivity contribution in [3.8, 4) is 0 Å². The average Bonchev–Trinajstić information content (AvgIpc) is 2.43. The smallest absolute Gasteiger partial charge is 0.325 e. The largest absolute Gasteiger partial charge is 0.468 e. The lowest BCUT2D eigenvalue weighted by molar-refractivity contribution is -0.141. The van der Waals surface area contributed by atoms with Crippen LogP contribution in [0.4, 0.5) is 0 Å². The molecule has 0 saturated carbocycles. The summed E-state index contributed by atoms with van der Waals surface area (Å²) in [7, 11) is 1.29. The summed E-state index contributed by atoms with van der Waals surface area (Å²) >= 11 is 4.89. The molecule has 0 heterocycles. The van der Waals surface area contributed by atoms with Crippen LogP contribution >= 0.6 is 12.2 Å². The molecule has 1 aromatic carbocycles. The molecule has 2 N–H and O–H groups in total. The maximum atomic E-state index is 12.4. The Morgan fingerprint density at radius 2 is 1.95 bits per heavy atom. The van der Waals surface area contributed by atoms with Gasteiger partial charge in [0.2, 0.25) is 0 Å². The van der Waals surface area contributed by atoms with E-state index in [0.29, 0.717) is 11.1 Å². The van der Waals surface area contributed by atoms with Crippen LogP contribution in [0.3, 0.4) is 0 Å². The Balaban J connectivity index is 3.03. The molecule has 0 aliphatic rings. The van der Waals surface area contributed by atoms with Crippen molar-refractivity contribution in [3.63, 3.8) is 0 Å². The van der Waals surface area contributed by atoms with Crippen LogP contribution in [0.5, 0.6) is 0 Å². The number of benzene rings is 1. The zero-order valence-corrected chi connectivity index (χ0v) is 12.6. The highest BCUT2D eigenvalue weighted by atomic mass is 32.1. The summed E-state index contributed by atoms with van der Waals surface area (Å²) in [6, 6.07) is 6.60. The van der Waals surface area contributed by atoms with Crippen LogP contribution in [-0.4, -0.2) is 41.5 Å². The summed E-state index contributed by atoms with van der Waals surface area (Å²) in [4.78, 5) is 25.5. The molecule has 1 rings (SSSR count). The maximum absolute atomic E-state index is 12.4. The average molecular weight is 294 g/mol. The second-order valence-corrected chi connectivity index (χ2v) is 4.99. The molecule has 0 aromatic heterocycles. The molecular formula is C14H18N2O3S. The minimum Gasteiger partial charge on any atom is -0.468 e. The van der Waals surface area contributed by atoms with Crippen molar-refractivity contribution in [1.29, 1.82) is 0 Å². The molecule has 0 spiro atoms. The first-order chi connectivity index (χ1) is 9.36. The van der Waals surface area contributed by atoms with E-state index in [0.717, 1.165) is 0 Å². The van der Waals surface area contributed by atoms with Crippen LogP contribution < -0.4 is 5.73 Å². The zero-order valence-electron chi connectivity index (χ0n) is 11.8. The van der Waals surface area contributed by atoms with Crippen LogP contribution in [0.1, 0.15) is 29.8 Å². The van der Waals surface area contributed by atoms with Crippen molar-refractivity contribution in [2.24, 2.45) is 5.73 Å². The molecular weight excluding hydrogens is 276 g/mol. The molecule has 1 aromatic rings. The van der Waals surface area contributed by atoms with E-state index in [-0.39, 0.29) is 23.5 Å². The third-order valence-electron chi connectivity index (χ3n) is 2.81. The van der Waals surface area contributed by atoms with Crippen molar-refractivity contribution >= 4 is 29.1 Å². The lowest BCUT2D eigenvalue weighted by atomic mass is 10.1. The van der Waals surface area contributed by atoms with Crippen LogP contribution in [-0.2, 0) is 9.53 Å². The summed E-state index contributed by atoms with van der Waals surface area (Å²) in [5, 5.41) is 0. The standard InChI is InChI=1S/C14H18N2O3S/c1-9(2)16(8-12(17)19-3)14(18)11-6-4-5-10(7-11)13(15)20/h4-7,9H,8H2,1-3H3,(H2,15,20). The Kier molecular flexibility index (Phi) is 5.64. The Hall–Kier alpha value is -1.95. The number of ether oxygens (including phenoxy) is 1. The van der Waals surface area contributed by atoms with Gasteiger partial charge in [0.25, 0.3) is 5.91 Å². The summed E-state index contributed by atoms with van der Waals surface area (Å²) in [6.45, 7) is 3.57. The van der Waals surface area contributed by atoms with Crippen molar-refractivity contribution in [3.05, 3.63) is 35.4 Å². The van der Waals surface area contributed by atoms with Crippen LogP contribution in [0.2, 0.25) is 0 Å². The SMILES string of the molecule is COC(=O)CN(C(=O)c1cccc(C(N)=S)c1)C(C)C. The Bertz CT molecular complexity index is 529. The fourth-order valence-corrected chi connectivity index (χ4v) is 1.79. The number of nitrogens with zero attached hydrogens (tertiary/aromatic N) is 1. The fourth-order valence-electron chi connectivity index (χ4n) is 1.66. The Morgan fingerprint density at radius 3 is 2.45 bits per heavy atom. The number of carbonyl (C=O) groups is 2. The number of esters is 1. The first-order valence-electron chi connectivity index (χ1n) is 6.14. The monoisotopic (exact) mass is 294 g/mol. The van der Waals surface area contributed by atoms with Gasteiger partial charge in [-0.25, -0.2) is 0 Å². The second kappa shape index (κ2) is 7.00. The number of carbonyl (C=O) groups excluding carboxylic acids is 2. The van der Waals surface area contributed by atoms with Gasteiger partial charge in [0.1, 0.15) is 11.5 Å². The van der Waals surface area contributed by atoms with Gasteiger partial charge in [0.15, 0.2) is 0 Å². The van der Waals surface area contributed by atoms with Gasteiger partial charge in [-0.15, -0.1) is 0 Å². The number of rotatable bonds is 5. The molecule has 5 nitrogen and oxygen atoms in total. The van der Waals surface area contributed by atoms with E-state index in [9.17, 15) is 9.59 Å². The van der Waals surface area contributed by atoms with E-state index in [1.165, 1.54) is 12.0 Å². The summed E-state index contributed by atoms with van der Waals surface area (Å²) in [6.07, 6.45) is 0. The lowest BCUT2D eigenvalue weighted by Gasteiger charge is -2.25. The van der Waals surface area contributed by atoms with E-state index >= 15 is 0 Å². The van der Waals surface area contributed by atoms with Crippen LogP contribution in [0, 0.1) is 0 Å². The van der Waals surface area contributed by atoms with Gasteiger partial charge in [0, 0.05) is 17.2 Å². The van der Waals surface area contributed by atoms with Crippen molar-refractivity contribution in [1.82, 2.24) is 4.90 Å². The highest BCUT2D eigenvalue weighted by Gasteiger charge is 2.22. The predicted octanol–water partition coefficient (Wildman–Crippen LogP) is 1.34. The number of methoxy groups -OCH3 is 1. The van der Waals surface area contributed by atoms with Gasteiger partial charge in [-0.2, -0.15) is 0 Å². The molecule has 1 amide bonds. The fraction of sp³-hybridized carbons (Fsp3) is 0.357. The normalized spacial score (nSPS) is 10.2. The van der Waals surface area contributed by atoms with E-state index in [4.69, 9.17) is 18.0 Å². The summed E-state index contributed by atoms with van der Waals surface area (Å²) < 4.78 is 4.61. The number of hydrogen-bond donors (Lipinski definition) is 1. The molecule has 0 saturated heterocycles. The second-order valence-electron chi connectivity index (χ2n) is 4.55. The minimum atomic E-state index is -0.461. The van der Waals surface area contributed by atoms with Gasteiger partial charge >= 0.3 is 5.97 Å². The van der Waals surface area contributed by atoms with Gasteiger partial charge in [-0.05, 0) is 26.0 Å². The first kappa shape index (κ1) is 16.1. The van der Waals surface area contributed by atoms with E-state index in [1.807, 2.05) is 13.8 Å². The maximum Gasteiger partial charge on any atom is 0.325 e. The van der Waals surface area contributed by atoms with E-state index in [2.05, 4.69) is 4.74 Å². The third-order valence-corrected chi connectivity index (χ3v) is 3.04. The molecule has 20 heavy (non-hydrogen) atoms. The predicted molar refractivity (Wildman–Crippen MR) is 80.5 cm³/mol. The highest BCUT2D eigenvalue weighted by Crippen LogP contribution is 2.11. The van der Waals surface area contributed by atoms with Crippen molar-refractivity contribution in [2.45, 2.75) is 19.9 Å². The first-order valence-corrected chi connectivity index (χ1v) is 6.55. The van der Waals surface area contributed by atoms with Gasteiger partial charge in [-0.1, -0.05) is 24.4 Å². The zero-order chi connectivity index (χ0) is 15.3.